The van der Waals surface area contributed by atoms with Gasteiger partial charge in [-0.15, -0.1) is 0 Å². The highest BCUT2D eigenvalue weighted by Crippen LogP contribution is 2.58. The smallest absolute Gasteiger partial charge is 0.145 e. The van der Waals surface area contributed by atoms with Crippen LogP contribution in [0.4, 0.5) is 22.7 Å². The summed E-state index contributed by atoms with van der Waals surface area (Å²) < 4.78 is 9.60. The lowest BCUT2D eigenvalue weighted by Crippen LogP contribution is -2.25. The van der Waals surface area contributed by atoms with Crippen LogP contribution < -0.4 is 14.5 Å². The summed E-state index contributed by atoms with van der Waals surface area (Å²) in [5.74, 6) is 1.50. The second-order valence-electron chi connectivity index (χ2n) is 20.6. The molecular formula is C73H48N4O. The lowest BCUT2D eigenvalue weighted by atomic mass is 9.93. The molecule has 0 N–H and O–H groups in total. The first-order chi connectivity index (χ1) is 38.6. The SMILES string of the molecule is Cc1c(-c2ccccc2)cnc2c1c1ccccc1c1ccccc1c1cccc3c4ccc(Oc5ccc6c(c5)N5CN(c7c(-c8ccccc8)cccc7-c7ccccc7)c7cccc(c75)-c5ccccc5-6)cc4n2c13. The summed E-state index contributed by atoms with van der Waals surface area (Å²) >= 11 is 0. The highest BCUT2D eigenvalue weighted by molar-refractivity contribution is 6.25. The highest BCUT2D eigenvalue weighted by atomic mass is 16.5. The summed E-state index contributed by atoms with van der Waals surface area (Å²) in [6.07, 6.45) is 2.07. The number of fused-ring (bicyclic) bond motifs is 15. The molecule has 0 aliphatic carbocycles. The first-order valence-corrected chi connectivity index (χ1v) is 26.8. The summed E-state index contributed by atoms with van der Waals surface area (Å²) in [5, 5.41) is 9.26. The van der Waals surface area contributed by atoms with Gasteiger partial charge < -0.3 is 14.5 Å². The zero-order valence-electron chi connectivity index (χ0n) is 42.7. The molecule has 78 heavy (non-hydrogen) atoms. The zero-order chi connectivity index (χ0) is 51.4. The topological polar surface area (TPSA) is 33.0 Å². The Morgan fingerprint density at radius 2 is 0.846 bits per heavy atom. The van der Waals surface area contributed by atoms with Crippen molar-refractivity contribution >= 4 is 82.5 Å². The molecule has 5 nitrogen and oxygen atoms in total. The molecule has 16 rings (SSSR count). The minimum Gasteiger partial charge on any atom is -0.457 e. The third kappa shape index (κ3) is 6.65. The van der Waals surface area contributed by atoms with Gasteiger partial charge in [-0.05, 0) is 92.2 Å². The van der Waals surface area contributed by atoms with Crippen LogP contribution in [0.2, 0.25) is 0 Å². The van der Waals surface area contributed by atoms with E-state index in [0.29, 0.717) is 6.67 Å². The Bertz CT molecular complexity index is 4760. The van der Waals surface area contributed by atoms with Crippen LogP contribution in [0.5, 0.6) is 11.5 Å². The van der Waals surface area contributed by atoms with E-state index in [1.165, 1.54) is 72.0 Å². The molecule has 0 unspecified atom stereocenters. The third-order valence-electron chi connectivity index (χ3n) is 16.4. The molecule has 5 heterocycles. The van der Waals surface area contributed by atoms with Crippen LogP contribution in [-0.4, -0.2) is 16.1 Å². The maximum absolute atomic E-state index is 7.20. The van der Waals surface area contributed by atoms with E-state index in [2.05, 4.69) is 282 Å². The number of hydrogen-bond acceptors (Lipinski definition) is 4. The Balaban J connectivity index is 0.905. The summed E-state index contributed by atoms with van der Waals surface area (Å²) in [6.45, 7) is 2.85. The number of nitrogens with zero attached hydrogens (tertiary/aromatic N) is 4. The van der Waals surface area contributed by atoms with Crippen molar-refractivity contribution in [3.05, 3.63) is 267 Å². The molecule has 0 bridgehead atoms. The molecule has 2 aliphatic rings. The fourth-order valence-electron chi connectivity index (χ4n) is 13.0. The fraction of sp³-hybridized carbons (Fsp3) is 0.0274. The number of ether oxygens (including phenoxy) is 1. The minimum atomic E-state index is 0.596. The Kier molecular flexibility index (Phi) is 9.85. The second kappa shape index (κ2) is 17.4. The monoisotopic (exact) mass is 996 g/mol. The van der Waals surface area contributed by atoms with Gasteiger partial charge in [-0.1, -0.05) is 212 Å². The van der Waals surface area contributed by atoms with Crippen LogP contribution in [0.25, 0.3) is 115 Å². The number of aromatic nitrogens is 2. The van der Waals surface area contributed by atoms with Crippen molar-refractivity contribution in [2.45, 2.75) is 6.92 Å². The van der Waals surface area contributed by atoms with Crippen molar-refractivity contribution < 1.29 is 4.74 Å². The van der Waals surface area contributed by atoms with E-state index in [1.54, 1.807) is 0 Å². The molecule has 366 valence electrons. The van der Waals surface area contributed by atoms with Gasteiger partial charge in [0.15, 0.2) is 0 Å². The summed E-state index contributed by atoms with van der Waals surface area (Å²) in [4.78, 5) is 10.6. The number of para-hydroxylation sites is 3. The first kappa shape index (κ1) is 44.1. The predicted octanol–water partition coefficient (Wildman–Crippen LogP) is 19.7. The van der Waals surface area contributed by atoms with Gasteiger partial charge >= 0.3 is 0 Å². The van der Waals surface area contributed by atoms with Crippen LogP contribution in [0.3, 0.4) is 0 Å². The van der Waals surface area contributed by atoms with E-state index < -0.39 is 0 Å². The maximum atomic E-state index is 7.20. The molecule has 0 amide bonds. The molecule has 0 fully saturated rings. The standard InChI is InChI=1S/C73H48N4O/c1-46-65(49-24-9-4-10-25-49)44-74-73-69(46)61-31-16-15-28-56(61)54-26-11-13-29-57(54)62-34-18-35-64-60-41-39-51(43-68(60)77(73)71(62)64)78-50-38-40-59-55-27-12-14-30-58(55)63-36-19-37-66-72(63)76(67(59)42-50)45-75(66)70-52(47-20-5-2-6-21-47)32-17-33-53(70)48-22-7-3-8-23-48/h2-44H,45H2,1H3. The van der Waals surface area contributed by atoms with Crippen molar-refractivity contribution in [1.82, 2.24) is 9.38 Å². The quantitative estimate of drug-likeness (QED) is 0.166. The summed E-state index contributed by atoms with van der Waals surface area (Å²) in [7, 11) is 0. The molecule has 3 aromatic heterocycles. The van der Waals surface area contributed by atoms with Crippen molar-refractivity contribution in [3.63, 3.8) is 0 Å². The second-order valence-corrected chi connectivity index (χ2v) is 20.6. The van der Waals surface area contributed by atoms with Gasteiger partial charge in [0.1, 0.15) is 23.8 Å². The molecular weight excluding hydrogens is 949 g/mol. The Morgan fingerprint density at radius 1 is 0.359 bits per heavy atom. The molecule has 5 heteroatoms. The van der Waals surface area contributed by atoms with Gasteiger partial charge in [0.05, 0.1) is 33.8 Å². The van der Waals surface area contributed by atoms with E-state index in [9.17, 15) is 0 Å². The van der Waals surface area contributed by atoms with Gasteiger partial charge in [-0.25, -0.2) is 4.98 Å². The lowest BCUT2D eigenvalue weighted by molar-refractivity contribution is 0.483. The Morgan fingerprint density at radius 3 is 1.54 bits per heavy atom. The molecule has 0 spiro atoms. The van der Waals surface area contributed by atoms with E-state index in [0.717, 1.165) is 83.2 Å². The van der Waals surface area contributed by atoms with Crippen LogP contribution in [0.1, 0.15) is 5.56 Å². The van der Waals surface area contributed by atoms with E-state index in [1.807, 2.05) is 0 Å². The number of anilines is 4. The molecule has 0 saturated heterocycles. The molecule has 0 radical (unpaired) electrons. The predicted molar refractivity (Wildman–Crippen MR) is 326 cm³/mol. The number of aryl methyl sites for hydroxylation is 1. The molecule has 14 aromatic rings. The van der Waals surface area contributed by atoms with Crippen LogP contribution in [0, 0.1) is 6.92 Å². The summed E-state index contributed by atoms with van der Waals surface area (Å²) in [5.41, 5.74) is 20.6. The first-order valence-electron chi connectivity index (χ1n) is 26.8. The fourth-order valence-corrected chi connectivity index (χ4v) is 13.0. The number of rotatable bonds is 6. The normalized spacial score (nSPS) is 12.6. The average Bonchev–Trinajstić information content (AvgIpc) is 4.26. The maximum Gasteiger partial charge on any atom is 0.145 e. The van der Waals surface area contributed by atoms with Gasteiger partial charge in [-0.3, -0.25) is 4.40 Å². The zero-order valence-corrected chi connectivity index (χ0v) is 42.7. The third-order valence-corrected chi connectivity index (χ3v) is 16.4. The Labute approximate surface area is 451 Å². The van der Waals surface area contributed by atoms with Crippen LogP contribution in [0.15, 0.2) is 261 Å². The van der Waals surface area contributed by atoms with E-state index in [-0.39, 0.29) is 0 Å². The Hall–Kier alpha value is -10.2. The number of pyridine rings is 1. The average molecular weight is 997 g/mol. The highest BCUT2D eigenvalue weighted by Gasteiger charge is 2.37. The van der Waals surface area contributed by atoms with E-state index in [4.69, 9.17) is 9.72 Å². The molecule has 0 saturated carbocycles. The van der Waals surface area contributed by atoms with Crippen molar-refractivity contribution in [1.29, 1.82) is 0 Å². The van der Waals surface area contributed by atoms with Gasteiger partial charge in [-0.2, -0.15) is 0 Å². The van der Waals surface area contributed by atoms with Crippen molar-refractivity contribution in [2.75, 3.05) is 16.5 Å². The van der Waals surface area contributed by atoms with Gasteiger partial charge in [0, 0.05) is 67.7 Å². The molecule has 2 aliphatic heterocycles. The van der Waals surface area contributed by atoms with Crippen molar-refractivity contribution in [2.24, 2.45) is 0 Å². The van der Waals surface area contributed by atoms with Crippen LogP contribution >= 0.6 is 0 Å². The largest absolute Gasteiger partial charge is 0.457 e. The van der Waals surface area contributed by atoms with Gasteiger partial charge in [0.25, 0.3) is 0 Å². The lowest BCUT2D eigenvalue weighted by Gasteiger charge is -2.28. The van der Waals surface area contributed by atoms with E-state index >= 15 is 0 Å². The number of benzene rings is 11. The molecule has 0 atom stereocenters. The minimum absolute atomic E-state index is 0.596. The summed E-state index contributed by atoms with van der Waals surface area (Å²) in [6, 6.07) is 92.3. The van der Waals surface area contributed by atoms with Gasteiger partial charge in [0.2, 0.25) is 0 Å². The number of hydrogen-bond donors (Lipinski definition) is 0. The van der Waals surface area contributed by atoms with Crippen molar-refractivity contribution in [3.8, 4) is 67.1 Å². The van der Waals surface area contributed by atoms with Crippen LogP contribution in [-0.2, 0) is 0 Å². The molecule has 11 aromatic carbocycles.